The maximum Gasteiger partial charge on any atom is 0.263 e. The SMILES string of the molecule is C#C[Si](C(C)C)(C(C)C)C(C)C.C#Cc1cccc2nc(Cn3nc(-c4cccc(O)c4)c4c(N)ncnc43)n(Cc3ccccc3Cl)c(=O)c12.CC(C)[Si](C#Cc1cccc2nc(Cn3nc(-c4cccc(O)c4)c4c(N)ncnc43)n(Cc3ccccc3Cl)c(=O)c12)(C(C)C)C(C)C.[2H]CF. The fourth-order valence-electron chi connectivity index (χ4n) is 14.4. The van der Waals surface area contributed by atoms with E-state index in [0.717, 1.165) is 11.1 Å². The average Bonchev–Trinajstić information content (AvgIpc) is 1.75. The molecular weight excluding hydrogens is 1360 g/mol. The fourth-order valence-corrected chi connectivity index (χ4v) is 25.0. The molecule has 0 atom stereocenters. The lowest BCUT2D eigenvalue weighted by Crippen LogP contribution is -2.43. The Morgan fingerprint density at radius 3 is 1.26 bits per heavy atom. The number of nitrogen functional groups attached to an aromatic ring is 2. The second-order valence-corrected chi connectivity index (χ2v) is 38.8. The van der Waals surface area contributed by atoms with Gasteiger partial charge in [0.1, 0.15) is 88.1 Å². The molecular formula is C79H85Cl2FN14O4Si2. The van der Waals surface area contributed by atoms with Crippen LogP contribution >= 0.6 is 23.2 Å². The maximum atomic E-state index is 14.7. The van der Waals surface area contributed by atoms with E-state index in [1.807, 2.05) is 66.7 Å². The summed E-state index contributed by atoms with van der Waals surface area (Å²) in [7, 11) is -4.55. The van der Waals surface area contributed by atoms with Crippen molar-refractivity contribution in [1.29, 1.82) is 0 Å². The first kappa shape index (κ1) is 74.2. The van der Waals surface area contributed by atoms with Crippen molar-refractivity contribution in [1.82, 2.24) is 58.6 Å². The van der Waals surface area contributed by atoms with Gasteiger partial charge in [0.05, 0.1) is 54.2 Å². The van der Waals surface area contributed by atoms with Crippen molar-refractivity contribution in [3.05, 3.63) is 211 Å². The molecule has 0 fully saturated rings. The number of phenols is 2. The van der Waals surface area contributed by atoms with Gasteiger partial charge in [0.2, 0.25) is 0 Å². The van der Waals surface area contributed by atoms with Crippen LogP contribution in [0.25, 0.3) is 66.4 Å². The second-order valence-electron chi connectivity index (χ2n) is 26.8. The van der Waals surface area contributed by atoms with Gasteiger partial charge in [-0.25, -0.2) is 39.3 Å². The Kier molecular flexibility index (Phi) is 23.6. The van der Waals surface area contributed by atoms with E-state index in [2.05, 4.69) is 126 Å². The quantitative estimate of drug-likeness (QED) is 0.0519. The standard InChI is InChI=1S/C38H40ClN7O2Si.C29H20ClN7O2.C11H22Si.CH3F/c1-23(2)49(24(3)4,25(5)6)18-17-26-12-10-16-31-33(26)38(48)45(20-28-11-7-8-15-30(28)39)32(43-31)21-46-37-34(36(40)41-22-42-37)35(44-46)27-13-9-14-29(47)19-27;1-2-17-8-6-12-22-24(17)29(39)36(14-19-7-3-4-11-21(19)30)23(34-22)15-37-28-25(27(31)32-16-33-28)26(35-37)18-9-5-10-20(38)13-18;1-8-12(9(2)3,10(4)5)11(6)7;1-2/h7-16,19,22-25,47H,20-21H2,1-6H3,(H2,40,41,42);1,3-13,16,38H,14-15H2,(H2,31,32,33);1,9-11H,2-7H3;1H3/i;;;1D. The van der Waals surface area contributed by atoms with Crippen LogP contribution in [0, 0.1) is 35.8 Å². The van der Waals surface area contributed by atoms with Gasteiger partial charge in [0.15, 0.2) is 11.3 Å². The molecule has 6 aromatic heterocycles. The topological polar surface area (TPSA) is 249 Å². The van der Waals surface area contributed by atoms with Gasteiger partial charge in [-0.2, -0.15) is 10.2 Å². The van der Waals surface area contributed by atoms with Crippen molar-refractivity contribution in [2.45, 2.75) is 143 Å². The third-order valence-corrected chi connectivity index (χ3v) is 32.4. The number of aromatic hydroxyl groups is 2. The monoisotopic (exact) mass is 1440 g/mol. The molecule has 6 aromatic carbocycles. The Bertz CT molecular complexity index is 5330. The van der Waals surface area contributed by atoms with E-state index in [4.69, 9.17) is 69.1 Å². The van der Waals surface area contributed by atoms with Crippen LogP contribution in [0.15, 0.2) is 156 Å². The van der Waals surface area contributed by atoms with Crippen molar-refractivity contribution in [3.63, 3.8) is 0 Å². The number of fused-ring (bicyclic) bond motifs is 4. The van der Waals surface area contributed by atoms with Crippen molar-refractivity contribution in [2.75, 3.05) is 18.6 Å². The lowest BCUT2D eigenvalue weighted by atomic mass is 10.1. The summed E-state index contributed by atoms with van der Waals surface area (Å²) in [6.45, 7) is 27.9. The van der Waals surface area contributed by atoms with Crippen LogP contribution in [0.5, 0.6) is 11.5 Å². The molecule has 6 heterocycles. The first-order valence-corrected chi connectivity index (χ1v) is 38.8. The lowest BCUT2D eigenvalue weighted by Gasteiger charge is -2.38. The number of aromatic nitrogens is 12. The van der Waals surface area contributed by atoms with E-state index >= 15 is 0 Å². The minimum Gasteiger partial charge on any atom is -0.508 e. The van der Waals surface area contributed by atoms with Gasteiger partial charge in [-0.05, 0) is 105 Å². The number of anilines is 2. The maximum absolute atomic E-state index is 14.7. The minimum atomic E-state index is -2.08. The summed E-state index contributed by atoms with van der Waals surface area (Å²) in [6.07, 6.45) is 14.2. The molecule has 12 rings (SSSR count). The van der Waals surface area contributed by atoms with Gasteiger partial charge in [-0.1, -0.05) is 191 Å². The van der Waals surface area contributed by atoms with Gasteiger partial charge in [0.25, 0.3) is 11.1 Å². The van der Waals surface area contributed by atoms with Crippen molar-refractivity contribution < 1.29 is 16.0 Å². The third kappa shape index (κ3) is 15.2. The van der Waals surface area contributed by atoms with E-state index in [1.165, 1.54) is 12.7 Å². The molecule has 0 aliphatic rings. The molecule has 0 saturated carbocycles. The number of benzene rings is 6. The second kappa shape index (κ2) is 32.5. The third-order valence-electron chi connectivity index (χ3n) is 19.2. The molecule has 0 amide bonds. The number of alkyl halides is 1. The molecule has 0 spiro atoms. The molecule has 0 unspecified atom stereocenters. The Morgan fingerprint density at radius 1 is 0.520 bits per heavy atom. The number of phenolic OH excluding ortho intramolecular Hbond substituents is 2. The molecule has 0 aliphatic heterocycles. The molecule has 524 valence electrons. The van der Waals surface area contributed by atoms with Crippen LogP contribution in [-0.4, -0.2) is 92.1 Å². The zero-order valence-corrected chi connectivity index (χ0v) is 62.9. The first-order valence-electron chi connectivity index (χ1n) is 34.2. The van der Waals surface area contributed by atoms with Crippen molar-refractivity contribution in [2.24, 2.45) is 0 Å². The van der Waals surface area contributed by atoms with Gasteiger partial charge >= 0.3 is 0 Å². The van der Waals surface area contributed by atoms with Crippen LogP contribution in [0.4, 0.5) is 16.0 Å². The number of nitrogens with zero attached hydrogens (tertiary/aromatic N) is 12. The lowest BCUT2D eigenvalue weighted by molar-refractivity contribution is 0.475. The smallest absolute Gasteiger partial charge is 0.263 e. The highest BCUT2D eigenvalue weighted by atomic mass is 35.5. The summed E-state index contributed by atoms with van der Waals surface area (Å²) in [5.74, 6) is 7.64. The number of rotatable bonds is 16. The molecule has 12 aromatic rings. The summed E-state index contributed by atoms with van der Waals surface area (Å²) >= 11 is 13.1. The number of hydrogen-bond donors (Lipinski definition) is 4. The van der Waals surface area contributed by atoms with Crippen LogP contribution in [0.1, 0.15) is 118 Å². The predicted molar refractivity (Wildman–Crippen MR) is 418 cm³/mol. The number of hydrogen-bond acceptors (Lipinski definition) is 14. The van der Waals surface area contributed by atoms with Crippen LogP contribution < -0.4 is 22.6 Å². The summed E-state index contributed by atoms with van der Waals surface area (Å²) in [5.41, 5.74) is 29.4. The highest BCUT2D eigenvalue weighted by Crippen LogP contribution is 2.42. The fraction of sp³-hybridized carbons (Fsp3) is 0.291. The molecule has 23 heteroatoms. The normalized spacial score (nSPS) is 11.7. The molecule has 0 saturated heterocycles. The Hall–Kier alpha value is -10.5. The highest BCUT2D eigenvalue weighted by Gasteiger charge is 2.43. The predicted octanol–water partition coefficient (Wildman–Crippen LogP) is 16.5. The van der Waals surface area contributed by atoms with Crippen LogP contribution in [0.3, 0.4) is 0 Å². The Balaban J connectivity index is 0.000000203. The summed E-state index contributed by atoms with van der Waals surface area (Å²) in [4.78, 5) is 55.8. The highest BCUT2D eigenvalue weighted by molar-refractivity contribution is 6.91. The molecule has 0 aliphatic carbocycles. The van der Waals surface area contributed by atoms with Crippen LogP contribution in [-0.2, 0) is 26.2 Å². The molecule has 102 heavy (non-hydrogen) atoms. The van der Waals surface area contributed by atoms with Gasteiger partial charge < -0.3 is 21.7 Å². The summed E-state index contributed by atoms with van der Waals surface area (Å²) in [5, 5.41) is 32.9. The van der Waals surface area contributed by atoms with Crippen LogP contribution in [0.2, 0.25) is 43.3 Å². The molecule has 18 nitrogen and oxygen atoms in total. The van der Waals surface area contributed by atoms with Gasteiger partial charge in [0, 0.05) is 32.3 Å². The number of terminal acetylenes is 2. The Labute approximate surface area is 607 Å². The largest absolute Gasteiger partial charge is 0.508 e. The van der Waals surface area contributed by atoms with E-state index in [9.17, 15) is 24.2 Å². The molecule has 0 bridgehead atoms. The zero-order chi connectivity index (χ0) is 74.8. The summed E-state index contributed by atoms with van der Waals surface area (Å²) in [6, 6.07) is 39.1. The zero-order valence-electron chi connectivity index (χ0n) is 60.4. The van der Waals surface area contributed by atoms with Gasteiger partial charge in [-0.3, -0.25) is 23.1 Å². The van der Waals surface area contributed by atoms with Crippen molar-refractivity contribution >= 4 is 94.9 Å². The minimum absolute atomic E-state index is 0.0831. The molecule has 6 N–H and O–H groups in total. The Morgan fingerprint density at radius 2 is 0.902 bits per heavy atom. The van der Waals surface area contributed by atoms with Crippen molar-refractivity contribution in [3.8, 4) is 69.8 Å². The number of nitrogens with two attached hydrogens (primary N) is 2. The average molecular weight is 1440 g/mol. The number of halogens is 3. The molecule has 0 radical (unpaired) electrons. The first-order chi connectivity index (χ1) is 49.2. The summed E-state index contributed by atoms with van der Waals surface area (Å²) < 4.78 is 22.0. The van der Waals surface area contributed by atoms with Gasteiger partial charge in [-0.15, -0.1) is 23.9 Å². The van der Waals surface area contributed by atoms with E-state index in [0.29, 0.717) is 132 Å². The van der Waals surface area contributed by atoms with E-state index in [-0.39, 0.29) is 60.4 Å². The van der Waals surface area contributed by atoms with E-state index in [1.54, 1.807) is 85.2 Å². The van der Waals surface area contributed by atoms with E-state index < -0.39 is 23.3 Å².